The van der Waals surface area contributed by atoms with Crippen molar-refractivity contribution >= 4 is 17.6 Å². The second-order valence-electron chi connectivity index (χ2n) is 8.19. The second kappa shape index (κ2) is 11.0. The molecule has 2 aromatic carbocycles. The Morgan fingerprint density at radius 2 is 1.86 bits per heavy atom. The number of nitrogens with one attached hydrogen (secondary N) is 1. The van der Waals surface area contributed by atoms with E-state index in [0.29, 0.717) is 42.0 Å². The van der Waals surface area contributed by atoms with Gasteiger partial charge in [-0.2, -0.15) is 4.98 Å². The molecule has 1 unspecified atom stereocenters. The summed E-state index contributed by atoms with van der Waals surface area (Å²) < 4.78 is 20.9. The number of benzene rings is 2. The zero-order chi connectivity index (χ0) is 24.8. The molecule has 1 N–H and O–H groups in total. The highest BCUT2D eigenvalue weighted by Crippen LogP contribution is 2.34. The molecular formula is C25H28N4O6. The largest absolute Gasteiger partial charge is 0.493 e. The maximum absolute atomic E-state index is 13.2. The van der Waals surface area contributed by atoms with Gasteiger partial charge < -0.3 is 24.1 Å². The number of nitrogens with zero attached hydrogens (tertiary/aromatic N) is 3. The first kappa shape index (κ1) is 24.2. The predicted molar refractivity (Wildman–Crippen MR) is 127 cm³/mol. The van der Waals surface area contributed by atoms with Gasteiger partial charge in [-0.1, -0.05) is 35.5 Å². The van der Waals surface area contributed by atoms with Crippen LogP contribution in [0.1, 0.15) is 29.1 Å². The average molecular weight is 481 g/mol. The Morgan fingerprint density at radius 3 is 2.57 bits per heavy atom. The Kier molecular flexibility index (Phi) is 7.61. The summed E-state index contributed by atoms with van der Waals surface area (Å²) in [4.78, 5) is 32.1. The summed E-state index contributed by atoms with van der Waals surface area (Å²) in [6.45, 7) is 1.79. The van der Waals surface area contributed by atoms with Crippen LogP contribution in [0, 0.1) is 5.92 Å². The van der Waals surface area contributed by atoms with Gasteiger partial charge in [0.1, 0.15) is 0 Å². The van der Waals surface area contributed by atoms with Gasteiger partial charge in [-0.25, -0.2) is 4.79 Å². The lowest BCUT2D eigenvalue weighted by atomic mass is 9.96. The number of rotatable bonds is 8. The van der Waals surface area contributed by atoms with Gasteiger partial charge in [-0.3, -0.25) is 9.69 Å². The number of likely N-dealkylation sites (tertiary alicyclic amines) is 1. The monoisotopic (exact) mass is 480 g/mol. The van der Waals surface area contributed by atoms with E-state index in [4.69, 9.17) is 18.7 Å². The first-order chi connectivity index (χ1) is 17.0. The molecule has 1 saturated heterocycles. The van der Waals surface area contributed by atoms with Gasteiger partial charge in [0.25, 0.3) is 0 Å². The maximum Gasteiger partial charge on any atom is 0.340 e. The van der Waals surface area contributed by atoms with Gasteiger partial charge in [-0.15, -0.1) is 0 Å². The fourth-order valence-electron chi connectivity index (χ4n) is 4.12. The topological polar surface area (TPSA) is 116 Å². The molecule has 1 aliphatic rings. The molecule has 1 aliphatic heterocycles. The van der Waals surface area contributed by atoms with Crippen LogP contribution in [0.3, 0.4) is 0 Å². The van der Waals surface area contributed by atoms with Crippen molar-refractivity contribution in [2.45, 2.75) is 19.4 Å². The van der Waals surface area contributed by atoms with Crippen LogP contribution in [-0.4, -0.2) is 61.3 Å². The fraction of sp³-hybridized carbons (Fsp3) is 0.360. The smallest absolute Gasteiger partial charge is 0.340 e. The van der Waals surface area contributed by atoms with Crippen molar-refractivity contribution in [1.82, 2.24) is 15.0 Å². The number of hydrogen-bond acceptors (Lipinski definition) is 9. The van der Waals surface area contributed by atoms with Crippen molar-refractivity contribution in [3.63, 3.8) is 0 Å². The molecule has 1 amide bonds. The van der Waals surface area contributed by atoms with Gasteiger partial charge in [0.15, 0.2) is 11.5 Å². The molecule has 10 nitrogen and oxygen atoms in total. The Bertz CT molecular complexity index is 1180. The van der Waals surface area contributed by atoms with E-state index >= 15 is 0 Å². The van der Waals surface area contributed by atoms with Crippen molar-refractivity contribution in [3.8, 4) is 22.9 Å². The van der Waals surface area contributed by atoms with E-state index in [0.717, 1.165) is 24.9 Å². The maximum atomic E-state index is 13.2. The molecule has 0 spiro atoms. The number of carbonyl (C=O) groups is 2. The summed E-state index contributed by atoms with van der Waals surface area (Å²) in [6.07, 6.45) is 1.57. The summed E-state index contributed by atoms with van der Waals surface area (Å²) >= 11 is 0. The quantitative estimate of drug-likeness (QED) is 0.484. The van der Waals surface area contributed by atoms with Gasteiger partial charge in [0.2, 0.25) is 17.6 Å². The van der Waals surface area contributed by atoms with Crippen molar-refractivity contribution in [1.29, 1.82) is 0 Å². The van der Waals surface area contributed by atoms with Gasteiger partial charge in [0, 0.05) is 24.2 Å². The number of carbonyl (C=O) groups excluding carboxylic acids is 2. The van der Waals surface area contributed by atoms with Crippen LogP contribution in [0.2, 0.25) is 0 Å². The van der Waals surface area contributed by atoms with E-state index < -0.39 is 5.97 Å². The van der Waals surface area contributed by atoms with Crippen LogP contribution in [0.15, 0.2) is 47.0 Å². The molecular weight excluding hydrogens is 452 g/mol. The van der Waals surface area contributed by atoms with Crippen molar-refractivity contribution in [3.05, 3.63) is 53.9 Å². The number of aromatic nitrogens is 2. The summed E-state index contributed by atoms with van der Waals surface area (Å²) in [6, 6.07) is 12.7. The number of anilines is 1. The third kappa shape index (κ3) is 5.60. The standard InChI is InChI=1S/C25H28N4O6/c1-32-20-12-18(25(31)34-3)19(13-21(20)33-2)26-24(30)17-10-7-11-29(14-17)15-22-27-23(28-35-22)16-8-5-4-6-9-16/h4-6,8-9,12-13,17H,7,10-11,14-15H2,1-3H3,(H,26,30). The molecule has 0 bridgehead atoms. The fourth-order valence-corrected chi connectivity index (χ4v) is 4.12. The highest BCUT2D eigenvalue weighted by molar-refractivity contribution is 6.02. The summed E-state index contributed by atoms with van der Waals surface area (Å²) in [5.41, 5.74) is 1.38. The van der Waals surface area contributed by atoms with E-state index in [-0.39, 0.29) is 17.4 Å². The molecule has 1 aromatic heterocycles. The minimum atomic E-state index is -0.586. The lowest BCUT2D eigenvalue weighted by Gasteiger charge is -2.31. The van der Waals surface area contributed by atoms with Crippen LogP contribution >= 0.6 is 0 Å². The molecule has 10 heteroatoms. The second-order valence-corrected chi connectivity index (χ2v) is 8.19. The van der Waals surface area contributed by atoms with E-state index in [1.165, 1.54) is 27.4 Å². The summed E-state index contributed by atoms with van der Waals surface area (Å²) in [7, 11) is 4.24. The normalized spacial score (nSPS) is 15.9. The number of piperidine rings is 1. The number of hydrogen-bond donors (Lipinski definition) is 1. The minimum Gasteiger partial charge on any atom is -0.493 e. The lowest BCUT2D eigenvalue weighted by Crippen LogP contribution is -2.40. The summed E-state index contributed by atoms with van der Waals surface area (Å²) in [5, 5.41) is 6.95. The molecule has 3 aromatic rings. The lowest BCUT2D eigenvalue weighted by molar-refractivity contribution is -0.121. The van der Waals surface area contributed by atoms with E-state index in [9.17, 15) is 9.59 Å². The molecule has 4 rings (SSSR count). The van der Waals surface area contributed by atoms with E-state index in [2.05, 4.69) is 20.4 Å². The highest BCUT2D eigenvalue weighted by Gasteiger charge is 2.28. The SMILES string of the molecule is COC(=O)c1cc(OC)c(OC)cc1NC(=O)C1CCCN(Cc2nc(-c3ccccc3)no2)C1. The Hall–Kier alpha value is -3.92. The van der Waals surface area contributed by atoms with Crippen LogP contribution in [-0.2, 0) is 16.1 Å². The number of esters is 1. The van der Waals surface area contributed by atoms with Crippen molar-refractivity contribution in [2.75, 3.05) is 39.7 Å². The van der Waals surface area contributed by atoms with Gasteiger partial charge in [-0.05, 0) is 19.4 Å². The molecule has 184 valence electrons. The number of amides is 1. The van der Waals surface area contributed by atoms with Crippen LogP contribution in [0.25, 0.3) is 11.4 Å². The van der Waals surface area contributed by atoms with Gasteiger partial charge >= 0.3 is 5.97 Å². The van der Waals surface area contributed by atoms with Crippen LogP contribution < -0.4 is 14.8 Å². The third-order valence-corrected chi connectivity index (χ3v) is 5.92. The Morgan fingerprint density at radius 1 is 1.11 bits per heavy atom. The zero-order valence-electron chi connectivity index (χ0n) is 19.9. The predicted octanol–water partition coefficient (Wildman–Crippen LogP) is 3.39. The molecule has 0 saturated carbocycles. The number of ether oxygens (including phenoxy) is 3. The molecule has 0 radical (unpaired) electrons. The van der Waals surface area contributed by atoms with E-state index in [1.54, 1.807) is 6.07 Å². The first-order valence-corrected chi connectivity index (χ1v) is 11.3. The van der Waals surface area contributed by atoms with Crippen molar-refractivity contribution in [2.24, 2.45) is 5.92 Å². The van der Waals surface area contributed by atoms with Crippen LogP contribution in [0.4, 0.5) is 5.69 Å². The molecule has 1 fully saturated rings. The Balaban J connectivity index is 1.44. The zero-order valence-corrected chi connectivity index (χ0v) is 19.9. The first-order valence-electron chi connectivity index (χ1n) is 11.3. The minimum absolute atomic E-state index is 0.186. The average Bonchev–Trinajstić information content (AvgIpc) is 3.37. The number of methoxy groups -OCH3 is 3. The van der Waals surface area contributed by atoms with Crippen molar-refractivity contribution < 1.29 is 28.3 Å². The third-order valence-electron chi connectivity index (χ3n) is 5.92. The van der Waals surface area contributed by atoms with Crippen LogP contribution in [0.5, 0.6) is 11.5 Å². The molecule has 2 heterocycles. The van der Waals surface area contributed by atoms with Gasteiger partial charge in [0.05, 0.1) is 45.0 Å². The van der Waals surface area contributed by atoms with E-state index in [1.807, 2.05) is 30.3 Å². The highest BCUT2D eigenvalue weighted by atomic mass is 16.5. The molecule has 0 aliphatic carbocycles. The Labute approximate surface area is 203 Å². The summed E-state index contributed by atoms with van der Waals surface area (Å²) in [5.74, 6) is 0.738. The molecule has 1 atom stereocenters. The molecule has 35 heavy (non-hydrogen) atoms.